The molecule has 0 bridgehead atoms. The summed E-state index contributed by atoms with van der Waals surface area (Å²) < 4.78 is 6.61. The van der Waals surface area contributed by atoms with Crippen molar-refractivity contribution in [3.8, 4) is 5.75 Å². The average Bonchev–Trinajstić information content (AvgIpc) is 3.43. The molecule has 1 aromatic heterocycles. The molecular formula is C24H30N2O2S. The Labute approximate surface area is 177 Å². The number of carbonyl (C=O) groups is 1. The fourth-order valence-electron chi connectivity index (χ4n) is 4.85. The second-order valence-electron chi connectivity index (χ2n) is 9.03. The molecule has 2 aliphatic heterocycles. The summed E-state index contributed by atoms with van der Waals surface area (Å²) in [4.78, 5) is 16.6. The molecule has 2 aromatic rings. The van der Waals surface area contributed by atoms with Crippen molar-refractivity contribution >= 4 is 17.2 Å². The van der Waals surface area contributed by atoms with E-state index in [9.17, 15) is 4.79 Å². The maximum atomic E-state index is 12.6. The minimum atomic E-state index is -0.123. The summed E-state index contributed by atoms with van der Waals surface area (Å²) in [5, 5.41) is 5.31. The van der Waals surface area contributed by atoms with Gasteiger partial charge >= 0.3 is 0 Å². The van der Waals surface area contributed by atoms with Crippen LogP contribution in [0.5, 0.6) is 5.75 Å². The molecule has 4 nitrogen and oxygen atoms in total. The molecule has 154 valence electrons. The van der Waals surface area contributed by atoms with Crippen LogP contribution >= 0.6 is 11.3 Å². The second-order valence-corrected chi connectivity index (χ2v) is 10.1. The van der Waals surface area contributed by atoms with Gasteiger partial charge in [0.25, 0.3) is 0 Å². The number of amides is 1. The third-order valence-electron chi connectivity index (χ3n) is 6.75. The van der Waals surface area contributed by atoms with Crippen LogP contribution in [0.4, 0.5) is 0 Å². The largest absolute Gasteiger partial charge is 0.487 e. The lowest BCUT2D eigenvalue weighted by Gasteiger charge is -2.47. The number of nitrogens with zero attached hydrogens (tertiary/aromatic N) is 1. The summed E-state index contributed by atoms with van der Waals surface area (Å²) in [6, 6.07) is 12.7. The third-order valence-corrected chi connectivity index (χ3v) is 7.61. The van der Waals surface area contributed by atoms with Gasteiger partial charge < -0.3 is 10.1 Å². The molecule has 1 saturated heterocycles. The van der Waals surface area contributed by atoms with Crippen LogP contribution in [-0.4, -0.2) is 36.0 Å². The lowest BCUT2D eigenvalue weighted by Crippen LogP contribution is -2.50. The average molecular weight is 411 g/mol. The van der Waals surface area contributed by atoms with E-state index in [2.05, 4.69) is 45.9 Å². The van der Waals surface area contributed by atoms with Gasteiger partial charge in [-0.15, -0.1) is 11.3 Å². The summed E-state index contributed by atoms with van der Waals surface area (Å²) in [5.41, 5.74) is 1.09. The minimum Gasteiger partial charge on any atom is -0.487 e. The first-order valence-corrected chi connectivity index (χ1v) is 11.9. The topological polar surface area (TPSA) is 41.6 Å². The van der Waals surface area contributed by atoms with Crippen LogP contribution in [0, 0.1) is 5.92 Å². The lowest BCUT2D eigenvalue weighted by molar-refractivity contribution is -0.122. The summed E-state index contributed by atoms with van der Waals surface area (Å²) in [7, 11) is 0. The summed E-state index contributed by atoms with van der Waals surface area (Å²) in [5.74, 6) is 2.16. The number of piperidine rings is 1. The first-order chi connectivity index (χ1) is 14.2. The Morgan fingerprint density at radius 3 is 2.76 bits per heavy atom. The number of nitrogens with one attached hydrogen (secondary N) is 1. The van der Waals surface area contributed by atoms with E-state index >= 15 is 0 Å². The van der Waals surface area contributed by atoms with Crippen LogP contribution in [0.3, 0.4) is 0 Å². The van der Waals surface area contributed by atoms with Crippen LogP contribution in [0.1, 0.15) is 54.9 Å². The number of hydrogen-bond donors (Lipinski definition) is 1. The molecular weight excluding hydrogens is 380 g/mol. The standard InChI is InChI=1S/C24H30N2O2S/c27-23(25-16-18-7-8-18)14-19-15-24(28-22-6-2-1-5-21(19)22)9-11-26(12-10-24)17-20-4-3-13-29-20/h1-6,13,18-19H,7-12,14-17H2,(H,25,27). The van der Waals surface area contributed by atoms with E-state index in [1.54, 1.807) is 0 Å². The SMILES string of the molecule is O=C(CC1CC2(CCN(Cc3cccs3)CC2)Oc2ccccc21)NCC1CC1. The van der Waals surface area contributed by atoms with Crippen molar-refractivity contribution in [2.45, 2.75) is 56.6 Å². The molecule has 5 heteroatoms. The van der Waals surface area contributed by atoms with Crippen molar-refractivity contribution in [2.75, 3.05) is 19.6 Å². The number of ether oxygens (including phenoxy) is 1. The van der Waals surface area contributed by atoms with Crippen molar-refractivity contribution in [3.63, 3.8) is 0 Å². The van der Waals surface area contributed by atoms with E-state index in [1.807, 2.05) is 17.4 Å². The zero-order chi connectivity index (χ0) is 19.7. The summed E-state index contributed by atoms with van der Waals surface area (Å²) >= 11 is 1.84. The maximum Gasteiger partial charge on any atom is 0.220 e. The number of carbonyl (C=O) groups excluding carboxylic acids is 1. The van der Waals surface area contributed by atoms with Crippen LogP contribution in [0.2, 0.25) is 0 Å². The lowest BCUT2D eigenvalue weighted by atomic mass is 9.76. The molecule has 0 radical (unpaired) electrons. The highest BCUT2D eigenvalue weighted by atomic mass is 32.1. The summed E-state index contributed by atoms with van der Waals surface area (Å²) in [6.45, 7) is 4.01. The molecule has 1 atom stereocenters. The molecule has 5 rings (SSSR count). The zero-order valence-corrected chi connectivity index (χ0v) is 17.8. The first kappa shape index (κ1) is 19.1. The van der Waals surface area contributed by atoms with Crippen molar-refractivity contribution < 1.29 is 9.53 Å². The van der Waals surface area contributed by atoms with Gasteiger partial charge in [0, 0.05) is 43.4 Å². The van der Waals surface area contributed by atoms with Gasteiger partial charge in [0.15, 0.2) is 0 Å². The highest BCUT2D eigenvalue weighted by Gasteiger charge is 2.43. The Hall–Kier alpha value is -1.85. The third kappa shape index (κ3) is 4.51. The van der Waals surface area contributed by atoms with E-state index < -0.39 is 0 Å². The number of rotatable bonds is 6. The fourth-order valence-corrected chi connectivity index (χ4v) is 5.60. The van der Waals surface area contributed by atoms with E-state index in [0.717, 1.165) is 57.1 Å². The Kier molecular flexibility index (Phi) is 5.35. The number of para-hydroxylation sites is 1. The van der Waals surface area contributed by atoms with E-state index in [-0.39, 0.29) is 17.4 Å². The number of hydrogen-bond acceptors (Lipinski definition) is 4. The van der Waals surface area contributed by atoms with E-state index in [4.69, 9.17) is 4.74 Å². The van der Waals surface area contributed by atoms with E-state index in [0.29, 0.717) is 6.42 Å². The number of fused-ring (bicyclic) bond motifs is 1. The van der Waals surface area contributed by atoms with Gasteiger partial charge in [0.2, 0.25) is 5.91 Å². The van der Waals surface area contributed by atoms with Gasteiger partial charge in [-0.1, -0.05) is 24.3 Å². The van der Waals surface area contributed by atoms with Crippen LogP contribution in [0.15, 0.2) is 41.8 Å². The minimum absolute atomic E-state index is 0.123. The van der Waals surface area contributed by atoms with Crippen LogP contribution in [0.25, 0.3) is 0 Å². The highest BCUT2D eigenvalue weighted by Crippen LogP contribution is 2.46. The van der Waals surface area contributed by atoms with Crippen molar-refractivity contribution in [1.29, 1.82) is 0 Å². The van der Waals surface area contributed by atoms with Gasteiger partial charge in [-0.25, -0.2) is 0 Å². The molecule has 3 heterocycles. The quantitative estimate of drug-likeness (QED) is 0.759. The first-order valence-electron chi connectivity index (χ1n) is 11.0. The predicted octanol–water partition coefficient (Wildman–Crippen LogP) is 4.57. The Balaban J connectivity index is 1.26. The Bertz CT molecular complexity index is 838. The molecule has 1 amide bonds. The molecule has 1 unspecified atom stereocenters. The molecule has 2 fully saturated rings. The fraction of sp³-hybridized carbons (Fsp3) is 0.542. The van der Waals surface area contributed by atoms with Crippen LogP contribution in [-0.2, 0) is 11.3 Å². The maximum absolute atomic E-state index is 12.6. The second kappa shape index (κ2) is 8.11. The van der Waals surface area contributed by atoms with Gasteiger partial charge in [-0.2, -0.15) is 0 Å². The van der Waals surface area contributed by atoms with Gasteiger partial charge in [-0.05, 0) is 61.1 Å². The number of likely N-dealkylation sites (tertiary alicyclic amines) is 1. The highest BCUT2D eigenvalue weighted by molar-refractivity contribution is 7.09. The molecule has 1 spiro atoms. The number of thiophene rings is 1. The van der Waals surface area contributed by atoms with Crippen LogP contribution < -0.4 is 10.1 Å². The smallest absolute Gasteiger partial charge is 0.220 e. The molecule has 3 aliphatic rings. The Morgan fingerprint density at radius 1 is 1.17 bits per heavy atom. The van der Waals surface area contributed by atoms with E-state index in [1.165, 1.54) is 23.3 Å². The predicted molar refractivity (Wildman–Crippen MR) is 116 cm³/mol. The number of benzene rings is 1. The molecule has 29 heavy (non-hydrogen) atoms. The monoisotopic (exact) mass is 410 g/mol. The van der Waals surface area contributed by atoms with Gasteiger partial charge in [-0.3, -0.25) is 9.69 Å². The summed E-state index contributed by atoms with van der Waals surface area (Å²) in [6.07, 6.45) is 6.14. The van der Waals surface area contributed by atoms with Crippen molar-refractivity contribution in [3.05, 3.63) is 52.2 Å². The normalized spacial score (nSPS) is 23.4. The Morgan fingerprint density at radius 2 is 2.00 bits per heavy atom. The van der Waals surface area contributed by atoms with Crippen molar-refractivity contribution in [1.82, 2.24) is 10.2 Å². The van der Waals surface area contributed by atoms with Crippen molar-refractivity contribution in [2.24, 2.45) is 5.92 Å². The zero-order valence-electron chi connectivity index (χ0n) is 16.9. The van der Waals surface area contributed by atoms with Gasteiger partial charge in [0.1, 0.15) is 11.4 Å². The molecule has 1 aliphatic carbocycles. The molecule has 1 N–H and O–H groups in total. The molecule has 1 aromatic carbocycles. The molecule has 1 saturated carbocycles. The van der Waals surface area contributed by atoms with Gasteiger partial charge in [0.05, 0.1) is 0 Å².